The third-order valence-corrected chi connectivity index (χ3v) is 10.3. The van der Waals surface area contributed by atoms with Crippen LogP contribution in [0.1, 0.15) is 79.1 Å². The van der Waals surface area contributed by atoms with Gasteiger partial charge in [-0.2, -0.15) is 0 Å². The molecule has 0 unspecified atom stereocenters. The van der Waals surface area contributed by atoms with Crippen LogP contribution in [0.3, 0.4) is 0 Å². The molecule has 35 heavy (non-hydrogen) atoms. The molecule has 5 heteroatoms. The third-order valence-electron chi connectivity index (χ3n) is 10.0. The van der Waals surface area contributed by atoms with E-state index in [0.717, 1.165) is 50.8 Å². The van der Waals surface area contributed by atoms with Gasteiger partial charge in [-0.1, -0.05) is 44.5 Å². The van der Waals surface area contributed by atoms with Gasteiger partial charge >= 0.3 is 5.97 Å². The number of rotatable bonds is 6. The number of carbonyl (C=O) groups excluding carboxylic acids is 1. The fourth-order valence-corrected chi connectivity index (χ4v) is 8.61. The molecule has 192 valence electrons. The van der Waals surface area contributed by atoms with E-state index in [2.05, 4.69) is 44.1 Å². The molecule has 0 heterocycles. The van der Waals surface area contributed by atoms with E-state index >= 15 is 0 Å². The maximum absolute atomic E-state index is 13.1. The van der Waals surface area contributed by atoms with Crippen LogP contribution < -0.4 is 10.6 Å². The molecule has 4 nitrogen and oxygen atoms in total. The number of hydrogen-bond acceptors (Lipinski definition) is 3. The van der Waals surface area contributed by atoms with Gasteiger partial charge in [0.05, 0.1) is 12.0 Å². The molecule has 3 aliphatic rings. The van der Waals surface area contributed by atoms with E-state index in [9.17, 15) is 4.79 Å². The van der Waals surface area contributed by atoms with E-state index in [4.69, 9.17) is 17.0 Å². The summed E-state index contributed by atoms with van der Waals surface area (Å²) < 4.78 is 5.61. The highest BCUT2D eigenvalue weighted by atomic mass is 32.1. The van der Waals surface area contributed by atoms with Gasteiger partial charge in [-0.3, -0.25) is 4.79 Å². The first-order valence-corrected chi connectivity index (χ1v) is 13.9. The summed E-state index contributed by atoms with van der Waals surface area (Å²) in [6.07, 6.45) is 11.2. The number of carbonyl (C=O) groups is 1. The van der Waals surface area contributed by atoms with Crippen LogP contribution in [0.2, 0.25) is 0 Å². The molecule has 0 spiro atoms. The van der Waals surface area contributed by atoms with Gasteiger partial charge in [-0.05, 0) is 111 Å². The van der Waals surface area contributed by atoms with Crippen molar-refractivity contribution in [1.29, 1.82) is 0 Å². The first-order valence-electron chi connectivity index (χ1n) is 13.5. The molecule has 0 radical (unpaired) electrons. The summed E-state index contributed by atoms with van der Waals surface area (Å²) in [5, 5.41) is 7.50. The van der Waals surface area contributed by atoms with Crippen molar-refractivity contribution in [2.45, 2.75) is 79.1 Å². The van der Waals surface area contributed by atoms with Crippen LogP contribution in [0.5, 0.6) is 0 Å². The van der Waals surface area contributed by atoms with Crippen molar-refractivity contribution in [3.8, 4) is 0 Å². The Labute approximate surface area is 217 Å². The molecule has 3 fully saturated rings. The van der Waals surface area contributed by atoms with Crippen molar-refractivity contribution in [3.05, 3.63) is 43.0 Å². The highest BCUT2D eigenvalue weighted by molar-refractivity contribution is 7.80. The van der Waals surface area contributed by atoms with Gasteiger partial charge in [0.25, 0.3) is 0 Å². The number of thiocarbonyl (C=S) groups is 1. The fourth-order valence-electron chi connectivity index (χ4n) is 8.42. The van der Waals surface area contributed by atoms with Gasteiger partial charge in [0, 0.05) is 12.2 Å². The minimum atomic E-state index is -0.367. The molecule has 0 bridgehead atoms. The lowest BCUT2D eigenvalue weighted by Crippen LogP contribution is -2.60. The van der Waals surface area contributed by atoms with Crippen LogP contribution in [0, 0.1) is 33.5 Å². The first kappa shape index (κ1) is 26.2. The molecule has 1 aromatic rings. The predicted molar refractivity (Wildman–Crippen MR) is 148 cm³/mol. The summed E-state index contributed by atoms with van der Waals surface area (Å²) in [7, 11) is 0. The zero-order valence-corrected chi connectivity index (χ0v) is 22.9. The van der Waals surface area contributed by atoms with Crippen LogP contribution in [0.15, 0.2) is 43.0 Å². The molecular formula is C30H44N2O2S. The zero-order chi connectivity index (χ0) is 25.3. The largest absolute Gasteiger partial charge is 0.466 e. The van der Waals surface area contributed by atoms with E-state index in [-0.39, 0.29) is 27.6 Å². The van der Waals surface area contributed by atoms with Crippen LogP contribution in [0.25, 0.3) is 0 Å². The van der Waals surface area contributed by atoms with Crippen LogP contribution in [0.4, 0.5) is 5.69 Å². The summed E-state index contributed by atoms with van der Waals surface area (Å²) in [4.78, 5) is 13.1. The number of esters is 1. The summed E-state index contributed by atoms with van der Waals surface area (Å²) in [6.45, 7) is 14.7. The lowest BCUT2D eigenvalue weighted by atomic mass is 9.39. The maximum atomic E-state index is 13.1. The molecule has 3 aliphatic carbocycles. The van der Waals surface area contributed by atoms with Crippen molar-refractivity contribution >= 4 is 29.0 Å². The number of hydrogen-bond donors (Lipinski definition) is 2. The van der Waals surface area contributed by atoms with Crippen molar-refractivity contribution in [2.24, 2.45) is 33.5 Å². The minimum absolute atomic E-state index is 0.0197. The van der Waals surface area contributed by atoms with E-state index < -0.39 is 0 Å². The van der Waals surface area contributed by atoms with Crippen LogP contribution in [-0.4, -0.2) is 24.2 Å². The van der Waals surface area contributed by atoms with Gasteiger partial charge in [0.1, 0.15) is 0 Å². The number of fused-ring (bicyclic) bond motifs is 3. The lowest BCUT2D eigenvalue weighted by molar-refractivity contribution is -0.187. The first-order chi connectivity index (χ1) is 16.6. The summed E-state index contributed by atoms with van der Waals surface area (Å²) in [5.41, 5.74) is 1.05. The normalized spacial score (nSPS) is 38.4. The fraction of sp³-hybridized carbons (Fsp3) is 0.667. The third kappa shape index (κ3) is 4.77. The SMILES string of the molecule is C=C[C@]12CC[C@H]3[C@@](C)(CCC[C@@]3(C)C(=O)OCC)[C@@H]1CC[C@](C)(CNC(=S)Nc1ccccc1)C2. The Morgan fingerprint density at radius 2 is 1.83 bits per heavy atom. The van der Waals surface area contributed by atoms with E-state index in [0.29, 0.717) is 23.6 Å². The van der Waals surface area contributed by atoms with Crippen molar-refractivity contribution in [3.63, 3.8) is 0 Å². The topological polar surface area (TPSA) is 50.4 Å². The Morgan fingerprint density at radius 1 is 1.11 bits per heavy atom. The molecule has 0 aliphatic heterocycles. The standard InChI is InChI=1S/C30H44N2O2S/c1-6-30-19-15-23-28(4,16-11-17-29(23,5)25(33)34-7-2)24(30)14-18-27(3,20-30)21-31-26(35)32-22-12-9-8-10-13-22/h6,8-10,12-13,23-24H,1,7,11,14-21H2,2-5H3,(H2,31,32,35)/t23-,24-,27-,28+,29+,30+/m0/s1. The Balaban J connectivity index is 1.49. The highest BCUT2D eigenvalue weighted by Crippen LogP contribution is 2.69. The highest BCUT2D eigenvalue weighted by Gasteiger charge is 2.64. The predicted octanol–water partition coefficient (Wildman–Crippen LogP) is 7.12. The molecular weight excluding hydrogens is 452 g/mol. The Hall–Kier alpha value is -1.88. The number of anilines is 1. The van der Waals surface area contributed by atoms with Gasteiger partial charge in [0.2, 0.25) is 0 Å². The van der Waals surface area contributed by atoms with Gasteiger partial charge in [-0.25, -0.2) is 0 Å². The molecule has 4 rings (SSSR count). The lowest BCUT2D eigenvalue weighted by Gasteiger charge is -2.65. The Kier molecular flexibility index (Phi) is 7.39. The molecule has 0 amide bonds. The van der Waals surface area contributed by atoms with Crippen molar-refractivity contribution in [1.82, 2.24) is 5.32 Å². The zero-order valence-electron chi connectivity index (χ0n) is 22.1. The second kappa shape index (κ2) is 9.88. The summed E-state index contributed by atoms with van der Waals surface area (Å²) >= 11 is 5.60. The number of para-hydroxylation sites is 1. The van der Waals surface area contributed by atoms with Crippen LogP contribution >= 0.6 is 12.2 Å². The molecule has 3 saturated carbocycles. The minimum Gasteiger partial charge on any atom is -0.466 e. The van der Waals surface area contributed by atoms with E-state index in [1.807, 2.05) is 37.3 Å². The van der Waals surface area contributed by atoms with Gasteiger partial charge in [0.15, 0.2) is 5.11 Å². The van der Waals surface area contributed by atoms with Gasteiger partial charge < -0.3 is 15.4 Å². The quantitative estimate of drug-likeness (QED) is 0.249. The van der Waals surface area contributed by atoms with E-state index in [1.165, 1.54) is 12.8 Å². The summed E-state index contributed by atoms with van der Waals surface area (Å²) in [5.74, 6) is 0.958. The average molecular weight is 497 g/mol. The molecule has 0 saturated heterocycles. The maximum Gasteiger partial charge on any atom is 0.312 e. The summed E-state index contributed by atoms with van der Waals surface area (Å²) in [6, 6.07) is 10.1. The van der Waals surface area contributed by atoms with E-state index in [1.54, 1.807) is 0 Å². The number of allylic oxidation sites excluding steroid dienone is 1. The molecule has 0 aromatic heterocycles. The second-order valence-corrected chi connectivity index (χ2v) is 12.7. The van der Waals surface area contributed by atoms with Crippen molar-refractivity contribution in [2.75, 3.05) is 18.5 Å². The average Bonchev–Trinajstić information content (AvgIpc) is 2.83. The Bertz CT molecular complexity index is 951. The Morgan fingerprint density at radius 3 is 2.51 bits per heavy atom. The monoisotopic (exact) mass is 496 g/mol. The number of nitrogens with one attached hydrogen (secondary N) is 2. The molecule has 6 atom stereocenters. The smallest absolute Gasteiger partial charge is 0.312 e. The second-order valence-electron chi connectivity index (χ2n) is 12.3. The molecule has 1 aromatic carbocycles. The van der Waals surface area contributed by atoms with Gasteiger partial charge in [-0.15, -0.1) is 6.58 Å². The number of ether oxygens (including phenoxy) is 1. The number of benzene rings is 1. The molecule has 2 N–H and O–H groups in total. The van der Waals surface area contributed by atoms with Crippen LogP contribution in [-0.2, 0) is 9.53 Å². The van der Waals surface area contributed by atoms with Crippen molar-refractivity contribution < 1.29 is 9.53 Å².